The normalized spacial score (nSPS) is 11.0. The van der Waals surface area contributed by atoms with Gasteiger partial charge in [0.05, 0.1) is 34.1 Å². The zero-order valence-electron chi connectivity index (χ0n) is 34.9. The van der Waals surface area contributed by atoms with Crippen LogP contribution in [0.1, 0.15) is 56.2 Å². The smallest absolute Gasteiger partial charge is 0.122 e. The maximum Gasteiger partial charge on any atom is 0.122 e. The first kappa shape index (κ1) is 41.6. The van der Waals surface area contributed by atoms with Gasteiger partial charge in [-0.05, 0) is 95.4 Å². The summed E-state index contributed by atoms with van der Waals surface area (Å²) in [5.41, 5.74) is 13.5. The number of furan rings is 1. The van der Waals surface area contributed by atoms with E-state index in [4.69, 9.17) is 9.40 Å². The number of nitriles is 1. The third-order valence-corrected chi connectivity index (χ3v) is 10.9. The summed E-state index contributed by atoms with van der Waals surface area (Å²) in [6, 6.07) is 66.3. The molecule has 0 amide bonds. The number of rotatable bonds is 8. The molecule has 7 heteroatoms. The van der Waals surface area contributed by atoms with Crippen molar-refractivity contribution in [2.24, 2.45) is 0 Å². The molecule has 0 saturated heterocycles. The summed E-state index contributed by atoms with van der Waals surface area (Å²) < 4.78 is 8.85. The fourth-order valence-electron chi connectivity index (χ4n) is 8.00. The van der Waals surface area contributed by atoms with Crippen molar-refractivity contribution >= 4 is 50.0 Å². The van der Waals surface area contributed by atoms with Gasteiger partial charge in [-0.1, -0.05) is 105 Å². The van der Waals surface area contributed by atoms with Gasteiger partial charge in [0.2, 0.25) is 0 Å². The van der Waals surface area contributed by atoms with Crippen LogP contribution in [0.3, 0.4) is 0 Å². The molecule has 0 aliphatic heterocycles. The van der Waals surface area contributed by atoms with Crippen molar-refractivity contribution in [3.8, 4) is 34.4 Å². The number of fused-ring (bicyclic) bond motifs is 4. The van der Waals surface area contributed by atoms with Gasteiger partial charge in [0.1, 0.15) is 5.58 Å². The van der Waals surface area contributed by atoms with Gasteiger partial charge in [-0.15, -0.1) is 54.1 Å². The second-order valence-electron chi connectivity index (χ2n) is 15.6. The van der Waals surface area contributed by atoms with E-state index in [9.17, 15) is 5.26 Å². The van der Waals surface area contributed by atoms with E-state index in [1.54, 1.807) is 12.3 Å². The molecule has 0 unspecified atom stereocenters. The molecule has 7 aromatic carbocycles. The number of aromatic nitrogens is 3. The van der Waals surface area contributed by atoms with Crippen molar-refractivity contribution in [2.75, 3.05) is 4.90 Å². The van der Waals surface area contributed by atoms with E-state index >= 15 is 0 Å². The third kappa shape index (κ3) is 8.07. The minimum atomic E-state index is 0. The number of nitrogens with zero attached hydrogens (tertiary/aromatic N) is 5. The van der Waals surface area contributed by atoms with E-state index in [1.165, 1.54) is 11.1 Å². The van der Waals surface area contributed by atoms with Crippen LogP contribution < -0.4 is 4.90 Å². The van der Waals surface area contributed by atoms with Crippen molar-refractivity contribution in [2.45, 2.75) is 39.5 Å². The molecular formula is C55H43IrN5O-2. The Kier molecular flexibility index (Phi) is 12.3. The molecule has 0 fully saturated rings. The molecule has 10 rings (SSSR count). The number of para-hydroxylation sites is 4. The molecular weight excluding hydrogens is 939 g/mol. The van der Waals surface area contributed by atoms with E-state index in [-0.39, 0.29) is 31.9 Å². The summed E-state index contributed by atoms with van der Waals surface area (Å²) in [5.74, 6) is 1.17. The van der Waals surface area contributed by atoms with Crippen LogP contribution >= 0.6 is 0 Å². The van der Waals surface area contributed by atoms with Crippen LogP contribution in [0.5, 0.6) is 0 Å². The number of hydrogen-bond acceptors (Lipinski definition) is 5. The summed E-state index contributed by atoms with van der Waals surface area (Å²) in [6.45, 7) is 9.05. The number of imidazole rings is 1. The monoisotopic (exact) mass is 982 g/mol. The number of pyridine rings is 1. The summed E-state index contributed by atoms with van der Waals surface area (Å²) in [4.78, 5) is 11.8. The van der Waals surface area contributed by atoms with Crippen LogP contribution in [0.4, 0.5) is 17.1 Å². The maximum atomic E-state index is 9.56. The van der Waals surface area contributed by atoms with Crippen molar-refractivity contribution < 1.29 is 24.5 Å². The third-order valence-electron chi connectivity index (χ3n) is 10.9. The van der Waals surface area contributed by atoms with Crippen LogP contribution in [0.15, 0.2) is 180 Å². The quantitative estimate of drug-likeness (QED) is 0.142. The Balaban J connectivity index is 0.000000350. The fraction of sp³-hybridized carbons (Fsp3) is 0.109. The molecule has 10 aromatic rings. The molecule has 0 aliphatic carbocycles. The largest absolute Gasteiger partial charge is 0.500 e. The first-order valence-corrected chi connectivity index (χ1v) is 20.6. The molecule has 1 radical (unpaired) electrons. The average Bonchev–Trinajstić information content (AvgIpc) is 3.88. The minimum absolute atomic E-state index is 0. The van der Waals surface area contributed by atoms with E-state index < -0.39 is 0 Å². The van der Waals surface area contributed by atoms with Gasteiger partial charge < -0.3 is 18.9 Å². The standard InChI is InChI=1S/C44H35N4O.C11H8N.Ir/c1-28(2)37-25-33(47(31-14-7-5-8-15-31)32-16-9-6-10-17-32)26-38(29(3)4)42(37)48-40-21-12-11-20-39(40)46-44(48)36-19-13-18-35-34-23-22-30(27-45)24-41(34)49-43(35)36;1-2-6-10(7-3-1)11-8-4-5-9-12-11;/h5-18,20-26,28-29H,1-4H3;1-6,8-9H;/q2*-1;. The Morgan fingerprint density at radius 3 is 1.94 bits per heavy atom. The van der Waals surface area contributed by atoms with E-state index in [0.29, 0.717) is 16.7 Å². The second-order valence-corrected chi connectivity index (χ2v) is 15.6. The Bertz CT molecular complexity index is 3050. The van der Waals surface area contributed by atoms with Gasteiger partial charge in [-0.25, -0.2) is 0 Å². The first-order chi connectivity index (χ1) is 29.9. The van der Waals surface area contributed by atoms with Gasteiger partial charge in [0.15, 0.2) is 0 Å². The van der Waals surface area contributed by atoms with Crippen LogP contribution in [-0.2, 0) is 20.1 Å². The van der Waals surface area contributed by atoms with E-state index in [2.05, 4.69) is 151 Å². The topological polar surface area (TPSA) is 70.9 Å². The van der Waals surface area contributed by atoms with Crippen LogP contribution in [0.25, 0.3) is 61.3 Å². The molecule has 6 nitrogen and oxygen atoms in total. The maximum absolute atomic E-state index is 9.56. The zero-order valence-corrected chi connectivity index (χ0v) is 37.3. The summed E-state index contributed by atoms with van der Waals surface area (Å²) in [5, 5.41) is 11.5. The average molecular weight is 982 g/mol. The number of anilines is 3. The first-order valence-electron chi connectivity index (χ1n) is 20.6. The Hall–Kier alpha value is -7.10. The molecule has 305 valence electrons. The minimum Gasteiger partial charge on any atom is -0.500 e. The molecule has 3 aromatic heterocycles. The summed E-state index contributed by atoms with van der Waals surface area (Å²) in [7, 11) is 0. The second kappa shape index (κ2) is 18.3. The van der Waals surface area contributed by atoms with Gasteiger partial charge in [0.25, 0.3) is 0 Å². The van der Waals surface area contributed by atoms with Crippen molar-refractivity contribution in [3.63, 3.8) is 0 Å². The van der Waals surface area contributed by atoms with Crippen LogP contribution in [0, 0.1) is 23.5 Å². The van der Waals surface area contributed by atoms with E-state index in [1.807, 2.05) is 72.8 Å². The van der Waals surface area contributed by atoms with Gasteiger partial charge >= 0.3 is 0 Å². The predicted octanol–water partition coefficient (Wildman–Crippen LogP) is 14.5. The molecule has 0 saturated carbocycles. The van der Waals surface area contributed by atoms with Gasteiger partial charge in [-0.2, -0.15) is 5.26 Å². The Morgan fingerprint density at radius 2 is 1.31 bits per heavy atom. The molecule has 0 atom stereocenters. The Morgan fingerprint density at radius 1 is 0.645 bits per heavy atom. The summed E-state index contributed by atoms with van der Waals surface area (Å²) >= 11 is 0. The van der Waals surface area contributed by atoms with Crippen molar-refractivity contribution in [1.29, 1.82) is 5.26 Å². The number of hydrogen-bond donors (Lipinski definition) is 0. The van der Waals surface area contributed by atoms with Gasteiger partial charge in [0, 0.05) is 54.4 Å². The fourth-order valence-corrected chi connectivity index (χ4v) is 8.00. The van der Waals surface area contributed by atoms with Gasteiger partial charge in [-0.3, -0.25) is 4.98 Å². The predicted molar refractivity (Wildman–Crippen MR) is 249 cm³/mol. The molecule has 0 spiro atoms. The van der Waals surface area contributed by atoms with Crippen LogP contribution in [0.2, 0.25) is 0 Å². The Labute approximate surface area is 376 Å². The molecule has 0 N–H and O–H groups in total. The van der Waals surface area contributed by atoms with Crippen molar-refractivity contribution in [3.05, 3.63) is 205 Å². The van der Waals surface area contributed by atoms with Crippen LogP contribution in [-0.4, -0.2) is 14.5 Å². The number of benzene rings is 7. The SMILES string of the molecule is CC(C)c1cc(N(c2ccccc2)c2ccccc2)cc(C(C)C)c1-n1c(-c2[c-]ccc3c2oc2cc(C#N)ccc23)nc2ccccc21.[Ir].[c-]1ccccc1-c1ccccn1. The zero-order chi connectivity index (χ0) is 41.9. The molecule has 0 bridgehead atoms. The molecule has 0 aliphatic rings. The van der Waals surface area contributed by atoms with E-state index in [0.717, 1.165) is 67.2 Å². The molecule has 3 heterocycles. The summed E-state index contributed by atoms with van der Waals surface area (Å²) in [6.07, 6.45) is 1.79. The van der Waals surface area contributed by atoms with Crippen molar-refractivity contribution in [1.82, 2.24) is 14.5 Å². The molecule has 62 heavy (non-hydrogen) atoms.